The van der Waals surface area contributed by atoms with E-state index in [4.69, 9.17) is 14.3 Å². The molecule has 8 heteroatoms. The second-order valence-corrected chi connectivity index (χ2v) is 5.52. The van der Waals surface area contributed by atoms with Gasteiger partial charge in [-0.25, -0.2) is 10.3 Å². The topological polar surface area (TPSA) is 99.9 Å². The molecule has 22 heavy (non-hydrogen) atoms. The largest absolute Gasteiger partial charge is 0.489 e. The number of methoxy groups -OCH3 is 1. The van der Waals surface area contributed by atoms with Gasteiger partial charge in [0.25, 0.3) is 5.69 Å². The summed E-state index contributed by atoms with van der Waals surface area (Å²) in [6.45, 7) is 5.70. The summed E-state index contributed by atoms with van der Waals surface area (Å²) in [5.74, 6) is -0.175. The average molecular weight is 312 g/mol. The van der Waals surface area contributed by atoms with Crippen molar-refractivity contribution in [3.05, 3.63) is 28.3 Å². The highest BCUT2D eigenvalue weighted by atomic mass is 16.7. The number of nitro groups is 1. The van der Waals surface area contributed by atoms with E-state index in [0.717, 1.165) is 0 Å². The number of nitrogens with zero attached hydrogens (tertiary/aromatic N) is 1. The predicted molar refractivity (Wildman–Crippen MR) is 79.6 cm³/mol. The molecular formula is C14H20N2O6. The van der Waals surface area contributed by atoms with E-state index in [1.807, 2.05) is 0 Å². The van der Waals surface area contributed by atoms with E-state index in [0.29, 0.717) is 12.4 Å². The van der Waals surface area contributed by atoms with Crippen LogP contribution in [-0.4, -0.2) is 31.2 Å². The number of carbonyl (C=O) groups excluding carboxylic acids is 1. The van der Waals surface area contributed by atoms with Gasteiger partial charge in [0.2, 0.25) is 0 Å². The molecule has 0 amide bonds. The summed E-state index contributed by atoms with van der Waals surface area (Å²) in [4.78, 5) is 27.0. The van der Waals surface area contributed by atoms with Crippen LogP contribution in [0.3, 0.4) is 0 Å². The molecule has 1 rings (SSSR count). The minimum absolute atomic E-state index is 0.145. The highest BCUT2D eigenvalue weighted by Gasteiger charge is 2.24. The molecule has 0 aliphatic carbocycles. The Bertz CT molecular complexity index is 539. The Morgan fingerprint density at radius 2 is 2.00 bits per heavy atom. The van der Waals surface area contributed by atoms with Crippen molar-refractivity contribution in [2.24, 2.45) is 5.41 Å². The minimum Gasteiger partial charge on any atom is -0.489 e. The first-order chi connectivity index (χ1) is 10.3. The van der Waals surface area contributed by atoms with Crippen LogP contribution in [0.4, 0.5) is 11.4 Å². The summed E-state index contributed by atoms with van der Waals surface area (Å²) in [7, 11) is 1.53. The van der Waals surface area contributed by atoms with Crippen LogP contribution in [0.1, 0.15) is 20.8 Å². The number of rotatable bonds is 7. The van der Waals surface area contributed by atoms with Crippen LogP contribution in [0.15, 0.2) is 18.2 Å². The molecule has 0 bridgehead atoms. The first-order valence-electron chi connectivity index (χ1n) is 6.63. The van der Waals surface area contributed by atoms with Crippen molar-refractivity contribution in [1.82, 2.24) is 0 Å². The van der Waals surface area contributed by atoms with E-state index in [1.165, 1.54) is 25.3 Å². The molecule has 1 aromatic carbocycles. The van der Waals surface area contributed by atoms with Crippen LogP contribution >= 0.6 is 0 Å². The molecule has 1 aromatic rings. The van der Waals surface area contributed by atoms with E-state index >= 15 is 0 Å². The lowest BCUT2D eigenvalue weighted by molar-refractivity contribution is -0.384. The summed E-state index contributed by atoms with van der Waals surface area (Å²) in [6.07, 6.45) is 0. The lowest BCUT2D eigenvalue weighted by Crippen LogP contribution is -2.25. The smallest absolute Gasteiger partial charge is 0.337 e. The Morgan fingerprint density at radius 1 is 1.32 bits per heavy atom. The summed E-state index contributed by atoms with van der Waals surface area (Å²) in [5.41, 5.74) is 1.77. The Morgan fingerprint density at radius 3 is 2.55 bits per heavy atom. The number of anilines is 1. The molecule has 122 valence electrons. The number of non-ortho nitro benzene ring substituents is 1. The monoisotopic (exact) mass is 312 g/mol. The fourth-order valence-electron chi connectivity index (χ4n) is 1.33. The van der Waals surface area contributed by atoms with Crippen LogP contribution < -0.4 is 10.2 Å². The third-order valence-electron chi connectivity index (χ3n) is 2.59. The fraction of sp³-hybridized carbons (Fsp3) is 0.500. The average Bonchev–Trinajstić information content (AvgIpc) is 2.44. The lowest BCUT2D eigenvalue weighted by atomic mass is 9.98. The Labute approximate surface area is 128 Å². The quantitative estimate of drug-likeness (QED) is 0.469. The molecule has 0 heterocycles. The maximum Gasteiger partial charge on any atom is 0.337 e. The second kappa shape index (κ2) is 7.60. The number of carbonyl (C=O) groups is 1. The molecule has 8 nitrogen and oxygen atoms in total. The first kappa shape index (κ1) is 17.7. The van der Waals surface area contributed by atoms with Gasteiger partial charge in [-0.15, -0.1) is 0 Å². The molecule has 0 aliphatic rings. The number of hydrogen-bond acceptors (Lipinski definition) is 7. The molecule has 0 saturated heterocycles. The van der Waals surface area contributed by atoms with Crippen molar-refractivity contribution in [3.63, 3.8) is 0 Å². The number of nitro benzene ring substituents is 1. The maximum absolute atomic E-state index is 11.7. The normalized spacial score (nSPS) is 10.9. The molecule has 1 N–H and O–H groups in total. The van der Waals surface area contributed by atoms with Crippen molar-refractivity contribution in [2.75, 3.05) is 25.8 Å². The third kappa shape index (κ3) is 5.21. The van der Waals surface area contributed by atoms with Crippen molar-refractivity contribution in [3.8, 4) is 5.75 Å². The summed E-state index contributed by atoms with van der Waals surface area (Å²) >= 11 is 0. The zero-order valence-electron chi connectivity index (χ0n) is 13.0. The number of hydrogen-bond donors (Lipinski definition) is 1. The van der Waals surface area contributed by atoms with Gasteiger partial charge in [0.05, 0.1) is 16.9 Å². The van der Waals surface area contributed by atoms with Gasteiger partial charge in [-0.3, -0.25) is 10.1 Å². The van der Waals surface area contributed by atoms with Crippen molar-refractivity contribution in [1.29, 1.82) is 0 Å². The van der Waals surface area contributed by atoms with Crippen LogP contribution in [-0.2, 0) is 14.4 Å². The van der Waals surface area contributed by atoms with Crippen LogP contribution in [0.25, 0.3) is 0 Å². The van der Waals surface area contributed by atoms with Crippen LogP contribution in [0.5, 0.6) is 5.75 Å². The Hall–Kier alpha value is -2.35. The maximum atomic E-state index is 11.7. The van der Waals surface area contributed by atoms with Gasteiger partial charge in [0.15, 0.2) is 0 Å². The minimum atomic E-state index is -0.704. The third-order valence-corrected chi connectivity index (χ3v) is 2.59. The van der Waals surface area contributed by atoms with Gasteiger partial charge in [0.1, 0.15) is 18.0 Å². The number of nitrogens with one attached hydrogen (secondary N) is 1. The lowest BCUT2D eigenvalue weighted by Gasteiger charge is -2.18. The highest BCUT2D eigenvalue weighted by Crippen LogP contribution is 2.29. The highest BCUT2D eigenvalue weighted by molar-refractivity contribution is 5.76. The molecule has 0 spiro atoms. The van der Waals surface area contributed by atoms with E-state index in [9.17, 15) is 14.9 Å². The van der Waals surface area contributed by atoms with Gasteiger partial charge in [-0.2, -0.15) is 0 Å². The summed E-state index contributed by atoms with van der Waals surface area (Å²) in [6, 6.07) is 3.97. The number of ether oxygens (including phenoxy) is 2. The predicted octanol–water partition coefficient (Wildman–Crippen LogP) is 2.54. The first-order valence-corrected chi connectivity index (χ1v) is 6.63. The molecular weight excluding hydrogens is 292 g/mol. The Kier molecular flexibility index (Phi) is 6.11. The molecule has 0 saturated carbocycles. The zero-order valence-corrected chi connectivity index (χ0v) is 13.0. The second-order valence-electron chi connectivity index (χ2n) is 5.52. The molecule has 0 aliphatic heterocycles. The van der Waals surface area contributed by atoms with Crippen molar-refractivity contribution >= 4 is 17.3 Å². The van der Waals surface area contributed by atoms with E-state index in [-0.39, 0.29) is 18.0 Å². The molecule has 0 radical (unpaired) electrons. The molecule has 0 aromatic heterocycles. The van der Waals surface area contributed by atoms with Gasteiger partial charge < -0.3 is 14.3 Å². The standard InChI is InChI=1S/C14H20N2O6/c1-14(2,3)13(17)22-15-11-9-10(16(18)19)5-6-12(11)21-8-7-20-4/h5-6,9,15H,7-8H2,1-4H3. The number of benzene rings is 1. The van der Waals surface area contributed by atoms with E-state index in [2.05, 4.69) is 5.48 Å². The van der Waals surface area contributed by atoms with Gasteiger partial charge in [-0.1, -0.05) is 0 Å². The Balaban J connectivity index is 2.89. The summed E-state index contributed by atoms with van der Waals surface area (Å²) in [5, 5.41) is 10.8. The van der Waals surface area contributed by atoms with Crippen molar-refractivity contribution < 1.29 is 24.0 Å². The van der Waals surface area contributed by atoms with Crippen LogP contribution in [0, 0.1) is 15.5 Å². The van der Waals surface area contributed by atoms with Gasteiger partial charge >= 0.3 is 5.97 Å². The van der Waals surface area contributed by atoms with Crippen LogP contribution in [0.2, 0.25) is 0 Å². The van der Waals surface area contributed by atoms with Gasteiger partial charge in [-0.05, 0) is 26.8 Å². The molecule has 0 fully saturated rings. The van der Waals surface area contributed by atoms with E-state index < -0.39 is 16.3 Å². The van der Waals surface area contributed by atoms with Gasteiger partial charge in [0, 0.05) is 19.2 Å². The SMILES string of the molecule is COCCOc1ccc([N+](=O)[O-])cc1NOC(=O)C(C)(C)C. The fourth-order valence-corrected chi connectivity index (χ4v) is 1.33. The van der Waals surface area contributed by atoms with E-state index in [1.54, 1.807) is 20.8 Å². The van der Waals surface area contributed by atoms with Crippen molar-refractivity contribution in [2.45, 2.75) is 20.8 Å². The molecule has 0 unspecified atom stereocenters. The molecule has 0 atom stereocenters. The zero-order chi connectivity index (χ0) is 16.8. The summed E-state index contributed by atoms with van der Waals surface area (Å²) < 4.78 is 10.3.